The molecule has 1 N–H and O–H groups in total. The molecule has 0 aliphatic rings. The molecule has 0 radical (unpaired) electrons. The zero-order valence-electron chi connectivity index (χ0n) is 13.4. The minimum absolute atomic E-state index is 0.795. The summed E-state index contributed by atoms with van der Waals surface area (Å²) in [6.07, 6.45) is 3.19. The van der Waals surface area contributed by atoms with Crippen LogP contribution in [0.2, 0.25) is 0 Å². The molecule has 0 amide bonds. The van der Waals surface area contributed by atoms with Crippen LogP contribution in [0.15, 0.2) is 12.1 Å². The molecule has 0 aliphatic heterocycles. The highest BCUT2D eigenvalue weighted by atomic mass is 16.5. The van der Waals surface area contributed by atoms with Crippen LogP contribution in [0.3, 0.4) is 0 Å². The Kier molecular flexibility index (Phi) is 8.23. The summed E-state index contributed by atoms with van der Waals surface area (Å²) in [5.41, 5.74) is 2.51. The maximum absolute atomic E-state index is 5.11. The third kappa shape index (κ3) is 5.88. The first-order valence-corrected chi connectivity index (χ1v) is 7.61. The van der Waals surface area contributed by atoms with Gasteiger partial charge in [0.25, 0.3) is 0 Å². The third-order valence-electron chi connectivity index (χ3n) is 3.24. The van der Waals surface area contributed by atoms with Gasteiger partial charge in [-0.05, 0) is 37.1 Å². The van der Waals surface area contributed by atoms with Crippen LogP contribution in [0, 0.1) is 0 Å². The standard InChI is InChI=1S/C16H29N3O/c1-5-8-15-11-14(13-17-6-2)12-16(18-15)19(3)9-7-10-20-4/h11-12,17H,5-10,13H2,1-4H3. The quantitative estimate of drug-likeness (QED) is 0.668. The van der Waals surface area contributed by atoms with Crippen LogP contribution in [0.4, 0.5) is 5.82 Å². The first-order valence-electron chi connectivity index (χ1n) is 7.61. The fourth-order valence-electron chi connectivity index (χ4n) is 2.14. The van der Waals surface area contributed by atoms with E-state index in [1.165, 1.54) is 11.3 Å². The van der Waals surface area contributed by atoms with Crippen molar-refractivity contribution >= 4 is 5.82 Å². The van der Waals surface area contributed by atoms with Crippen LogP contribution in [-0.2, 0) is 17.7 Å². The van der Waals surface area contributed by atoms with E-state index in [2.05, 4.69) is 43.2 Å². The molecule has 20 heavy (non-hydrogen) atoms. The number of ether oxygens (including phenoxy) is 1. The van der Waals surface area contributed by atoms with Crippen molar-refractivity contribution < 1.29 is 4.74 Å². The van der Waals surface area contributed by atoms with Gasteiger partial charge in [-0.2, -0.15) is 0 Å². The molecule has 0 spiro atoms. The summed E-state index contributed by atoms with van der Waals surface area (Å²) in [6, 6.07) is 4.41. The molecule has 114 valence electrons. The molecular weight excluding hydrogens is 250 g/mol. The van der Waals surface area contributed by atoms with Crippen LogP contribution in [0.1, 0.15) is 37.9 Å². The van der Waals surface area contributed by atoms with Crippen molar-refractivity contribution in [1.29, 1.82) is 0 Å². The minimum Gasteiger partial charge on any atom is -0.385 e. The summed E-state index contributed by atoms with van der Waals surface area (Å²) < 4.78 is 5.11. The van der Waals surface area contributed by atoms with Gasteiger partial charge in [-0.1, -0.05) is 20.3 Å². The predicted octanol–water partition coefficient (Wildman–Crippen LogP) is 2.62. The van der Waals surface area contributed by atoms with Crippen LogP contribution in [-0.4, -0.2) is 38.8 Å². The molecule has 4 heteroatoms. The molecule has 0 unspecified atom stereocenters. The molecule has 4 nitrogen and oxygen atoms in total. The number of pyridine rings is 1. The molecule has 0 aliphatic carbocycles. The van der Waals surface area contributed by atoms with Crippen molar-refractivity contribution in [3.05, 3.63) is 23.4 Å². The van der Waals surface area contributed by atoms with E-state index in [1.807, 2.05) is 0 Å². The van der Waals surface area contributed by atoms with Gasteiger partial charge in [0.2, 0.25) is 0 Å². The van der Waals surface area contributed by atoms with Gasteiger partial charge in [-0.3, -0.25) is 0 Å². The van der Waals surface area contributed by atoms with Gasteiger partial charge >= 0.3 is 0 Å². The Morgan fingerprint density at radius 2 is 2.10 bits per heavy atom. The summed E-state index contributed by atoms with van der Waals surface area (Å²) in [7, 11) is 3.85. The lowest BCUT2D eigenvalue weighted by Gasteiger charge is -2.20. The van der Waals surface area contributed by atoms with E-state index in [0.29, 0.717) is 0 Å². The van der Waals surface area contributed by atoms with Crippen molar-refractivity contribution in [2.24, 2.45) is 0 Å². The van der Waals surface area contributed by atoms with E-state index in [0.717, 1.165) is 51.3 Å². The Labute approximate surface area is 123 Å². The number of anilines is 1. The SMILES string of the molecule is CCCc1cc(CNCC)cc(N(C)CCCOC)n1. The van der Waals surface area contributed by atoms with Crippen molar-refractivity contribution in [3.8, 4) is 0 Å². The smallest absolute Gasteiger partial charge is 0.128 e. The third-order valence-corrected chi connectivity index (χ3v) is 3.24. The average Bonchev–Trinajstić information content (AvgIpc) is 2.45. The Balaban J connectivity index is 2.78. The van der Waals surface area contributed by atoms with Crippen molar-refractivity contribution in [2.45, 2.75) is 39.7 Å². The lowest BCUT2D eigenvalue weighted by molar-refractivity contribution is 0.196. The van der Waals surface area contributed by atoms with Gasteiger partial charge in [-0.25, -0.2) is 4.98 Å². The number of nitrogens with zero attached hydrogens (tertiary/aromatic N) is 2. The maximum Gasteiger partial charge on any atom is 0.128 e. The summed E-state index contributed by atoms with van der Waals surface area (Å²) >= 11 is 0. The number of hydrogen-bond acceptors (Lipinski definition) is 4. The first-order chi connectivity index (χ1) is 9.71. The number of aryl methyl sites for hydroxylation is 1. The highest BCUT2D eigenvalue weighted by Crippen LogP contribution is 2.15. The van der Waals surface area contributed by atoms with Gasteiger partial charge < -0.3 is 15.0 Å². The molecule has 1 aromatic rings. The average molecular weight is 279 g/mol. The number of nitrogens with one attached hydrogen (secondary N) is 1. The van der Waals surface area contributed by atoms with Gasteiger partial charge in [-0.15, -0.1) is 0 Å². The number of rotatable bonds is 10. The number of aromatic nitrogens is 1. The fourth-order valence-corrected chi connectivity index (χ4v) is 2.14. The molecule has 1 aromatic heterocycles. The Morgan fingerprint density at radius 3 is 2.75 bits per heavy atom. The molecule has 0 saturated heterocycles. The van der Waals surface area contributed by atoms with Crippen molar-refractivity contribution in [2.75, 3.05) is 38.8 Å². The zero-order chi connectivity index (χ0) is 14.8. The van der Waals surface area contributed by atoms with Gasteiger partial charge in [0.1, 0.15) is 5.82 Å². The number of methoxy groups -OCH3 is 1. The van der Waals surface area contributed by atoms with Crippen molar-refractivity contribution in [1.82, 2.24) is 10.3 Å². The van der Waals surface area contributed by atoms with Crippen LogP contribution in [0.25, 0.3) is 0 Å². The summed E-state index contributed by atoms with van der Waals surface area (Å²) in [4.78, 5) is 6.98. The van der Waals surface area contributed by atoms with Crippen LogP contribution >= 0.6 is 0 Å². The second-order valence-electron chi connectivity index (χ2n) is 5.12. The van der Waals surface area contributed by atoms with E-state index < -0.39 is 0 Å². The van der Waals surface area contributed by atoms with Gasteiger partial charge in [0.15, 0.2) is 0 Å². The van der Waals surface area contributed by atoms with E-state index >= 15 is 0 Å². The van der Waals surface area contributed by atoms with Crippen LogP contribution < -0.4 is 10.2 Å². The monoisotopic (exact) mass is 279 g/mol. The van der Waals surface area contributed by atoms with E-state index in [-0.39, 0.29) is 0 Å². The van der Waals surface area contributed by atoms with Gasteiger partial charge in [0.05, 0.1) is 0 Å². The Morgan fingerprint density at radius 1 is 1.30 bits per heavy atom. The Hall–Kier alpha value is -1.13. The number of hydrogen-bond donors (Lipinski definition) is 1. The molecule has 1 rings (SSSR count). The summed E-state index contributed by atoms with van der Waals surface area (Å²) in [5, 5.41) is 3.39. The van der Waals surface area contributed by atoms with Crippen LogP contribution in [0.5, 0.6) is 0 Å². The molecule has 0 bridgehead atoms. The molecular formula is C16H29N3O. The largest absolute Gasteiger partial charge is 0.385 e. The molecule has 0 aromatic carbocycles. The normalized spacial score (nSPS) is 10.8. The Bertz CT molecular complexity index is 382. The topological polar surface area (TPSA) is 37.4 Å². The molecule has 0 atom stereocenters. The molecule has 1 heterocycles. The van der Waals surface area contributed by atoms with Gasteiger partial charge in [0, 0.05) is 39.5 Å². The highest BCUT2D eigenvalue weighted by Gasteiger charge is 2.07. The highest BCUT2D eigenvalue weighted by molar-refractivity contribution is 5.42. The van der Waals surface area contributed by atoms with E-state index in [1.54, 1.807) is 7.11 Å². The van der Waals surface area contributed by atoms with E-state index in [9.17, 15) is 0 Å². The maximum atomic E-state index is 5.11. The zero-order valence-corrected chi connectivity index (χ0v) is 13.4. The second kappa shape index (κ2) is 9.72. The second-order valence-corrected chi connectivity index (χ2v) is 5.12. The molecule has 0 saturated carbocycles. The van der Waals surface area contributed by atoms with E-state index in [4.69, 9.17) is 9.72 Å². The van der Waals surface area contributed by atoms with Crippen molar-refractivity contribution in [3.63, 3.8) is 0 Å². The predicted molar refractivity (Wildman–Crippen MR) is 85.4 cm³/mol. The first kappa shape index (κ1) is 16.9. The summed E-state index contributed by atoms with van der Waals surface area (Å²) in [5.74, 6) is 1.07. The summed E-state index contributed by atoms with van der Waals surface area (Å²) in [6.45, 7) is 7.99. The lowest BCUT2D eigenvalue weighted by atomic mass is 10.1. The molecule has 0 fully saturated rings. The fraction of sp³-hybridized carbons (Fsp3) is 0.688. The lowest BCUT2D eigenvalue weighted by Crippen LogP contribution is -2.22. The minimum atomic E-state index is 0.795.